The van der Waals surface area contributed by atoms with Crippen molar-refractivity contribution < 1.29 is 18.9 Å². The summed E-state index contributed by atoms with van der Waals surface area (Å²) in [6.07, 6.45) is 1.34. The number of amides is 3. The van der Waals surface area contributed by atoms with Crippen molar-refractivity contribution >= 4 is 29.1 Å². The lowest BCUT2D eigenvalue weighted by atomic mass is 9.75. The first kappa shape index (κ1) is 20.0. The standard InChI is InChI=1S/C22H21N3O4S/c1-24(14-17-9-10-29-23-17)19(26)12-22(16-6-3-2-4-7-16)13-20(27)25(21(22)28)15-18-8-5-11-30-18/h2-11H,12-15H2,1H3. The molecule has 0 spiro atoms. The van der Waals surface area contributed by atoms with E-state index in [-0.39, 0.29) is 43.7 Å². The fourth-order valence-electron chi connectivity index (χ4n) is 3.79. The smallest absolute Gasteiger partial charge is 0.241 e. The van der Waals surface area contributed by atoms with E-state index in [1.807, 2.05) is 47.8 Å². The van der Waals surface area contributed by atoms with E-state index in [1.165, 1.54) is 27.4 Å². The molecule has 1 aliphatic rings. The van der Waals surface area contributed by atoms with Gasteiger partial charge in [-0.2, -0.15) is 0 Å². The van der Waals surface area contributed by atoms with E-state index in [2.05, 4.69) is 5.16 Å². The minimum absolute atomic E-state index is 0.0231. The van der Waals surface area contributed by atoms with Crippen LogP contribution in [-0.4, -0.2) is 39.7 Å². The van der Waals surface area contributed by atoms with Crippen LogP contribution >= 0.6 is 11.3 Å². The molecule has 3 heterocycles. The molecule has 7 nitrogen and oxygen atoms in total. The molecule has 1 aliphatic heterocycles. The molecule has 1 fully saturated rings. The van der Waals surface area contributed by atoms with Gasteiger partial charge < -0.3 is 9.42 Å². The predicted octanol–water partition coefficient (Wildman–Crippen LogP) is 2.98. The zero-order valence-corrected chi connectivity index (χ0v) is 17.3. The van der Waals surface area contributed by atoms with Crippen LogP contribution in [-0.2, 0) is 32.9 Å². The highest BCUT2D eigenvalue weighted by Crippen LogP contribution is 2.41. The van der Waals surface area contributed by atoms with E-state index in [0.717, 1.165) is 4.88 Å². The Morgan fingerprint density at radius 3 is 2.67 bits per heavy atom. The first-order valence-corrected chi connectivity index (χ1v) is 10.4. The van der Waals surface area contributed by atoms with Gasteiger partial charge in [0, 0.05) is 30.8 Å². The molecule has 4 rings (SSSR count). The molecule has 0 aliphatic carbocycles. The number of carbonyl (C=O) groups is 3. The molecule has 1 saturated heterocycles. The Labute approximate surface area is 177 Å². The van der Waals surface area contributed by atoms with Crippen LogP contribution < -0.4 is 0 Å². The summed E-state index contributed by atoms with van der Waals surface area (Å²) in [5.74, 6) is -0.819. The number of rotatable bonds is 7. The van der Waals surface area contributed by atoms with Crippen LogP contribution in [0.15, 0.2) is 64.7 Å². The quantitative estimate of drug-likeness (QED) is 0.546. The van der Waals surface area contributed by atoms with Crippen LogP contribution in [0.3, 0.4) is 0 Å². The zero-order valence-electron chi connectivity index (χ0n) is 16.5. The molecule has 1 atom stereocenters. The van der Waals surface area contributed by atoms with Crippen molar-refractivity contribution in [2.45, 2.75) is 31.3 Å². The molecule has 2 aromatic heterocycles. The van der Waals surface area contributed by atoms with Gasteiger partial charge in [0.15, 0.2) is 0 Å². The highest BCUT2D eigenvalue weighted by Gasteiger charge is 2.53. The molecule has 1 aromatic carbocycles. The maximum atomic E-state index is 13.6. The van der Waals surface area contributed by atoms with Crippen molar-refractivity contribution in [2.24, 2.45) is 0 Å². The third-order valence-electron chi connectivity index (χ3n) is 5.40. The monoisotopic (exact) mass is 423 g/mol. The first-order chi connectivity index (χ1) is 14.5. The van der Waals surface area contributed by atoms with E-state index in [4.69, 9.17) is 4.52 Å². The van der Waals surface area contributed by atoms with Gasteiger partial charge in [0.25, 0.3) is 0 Å². The number of benzene rings is 1. The van der Waals surface area contributed by atoms with Gasteiger partial charge in [0.05, 0.1) is 18.5 Å². The Bertz CT molecular complexity index is 1030. The van der Waals surface area contributed by atoms with Crippen molar-refractivity contribution in [2.75, 3.05) is 7.05 Å². The maximum absolute atomic E-state index is 13.6. The number of hydrogen-bond acceptors (Lipinski definition) is 6. The summed E-state index contributed by atoms with van der Waals surface area (Å²) >= 11 is 1.49. The van der Waals surface area contributed by atoms with Crippen molar-refractivity contribution in [1.29, 1.82) is 0 Å². The van der Waals surface area contributed by atoms with Gasteiger partial charge in [-0.15, -0.1) is 11.3 Å². The average molecular weight is 423 g/mol. The molecule has 8 heteroatoms. The van der Waals surface area contributed by atoms with Gasteiger partial charge in [-0.3, -0.25) is 19.3 Å². The lowest BCUT2D eigenvalue weighted by Gasteiger charge is -2.29. The highest BCUT2D eigenvalue weighted by molar-refractivity contribution is 7.09. The maximum Gasteiger partial charge on any atom is 0.241 e. The van der Waals surface area contributed by atoms with Gasteiger partial charge in [0.2, 0.25) is 17.7 Å². The molecule has 0 N–H and O–H groups in total. The van der Waals surface area contributed by atoms with E-state index in [9.17, 15) is 14.4 Å². The molecular weight excluding hydrogens is 402 g/mol. The van der Waals surface area contributed by atoms with Gasteiger partial charge in [-0.25, -0.2) is 0 Å². The van der Waals surface area contributed by atoms with Gasteiger partial charge in [-0.05, 0) is 17.0 Å². The lowest BCUT2D eigenvalue weighted by Crippen LogP contribution is -2.42. The summed E-state index contributed by atoms with van der Waals surface area (Å²) in [7, 11) is 1.65. The molecule has 154 valence electrons. The predicted molar refractivity (Wildman–Crippen MR) is 110 cm³/mol. The Morgan fingerprint density at radius 1 is 1.20 bits per heavy atom. The van der Waals surface area contributed by atoms with E-state index < -0.39 is 5.41 Å². The zero-order chi connectivity index (χ0) is 21.1. The summed E-state index contributed by atoms with van der Waals surface area (Å²) < 4.78 is 4.82. The Morgan fingerprint density at radius 2 is 2.00 bits per heavy atom. The molecular formula is C22H21N3O4S. The number of likely N-dealkylation sites (tertiary alicyclic amines) is 1. The number of imide groups is 1. The lowest BCUT2D eigenvalue weighted by molar-refractivity contribution is -0.143. The van der Waals surface area contributed by atoms with Crippen LogP contribution in [0.4, 0.5) is 0 Å². The average Bonchev–Trinajstić information content (AvgIpc) is 3.49. The molecule has 0 bridgehead atoms. The molecule has 3 amide bonds. The van der Waals surface area contributed by atoms with Crippen LogP contribution in [0, 0.1) is 0 Å². The SMILES string of the molecule is CN(Cc1ccon1)C(=O)CC1(c2ccccc2)CC(=O)N(Cc2cccs2)C1=O. The Kier molecular flexibility index (Phi) is 5.50. The molecule has 0 saturated carbocycles. The fraction of sp³-hybridized carbons (Fsp3) is 0.273. The van der Waals surface area contributed by atoms with Crippen LogP contribution in [0.1, 0.15) is 29.0 Å². The number of aromatic nitrogens is 1. The van der Waals surface area contributed by atoms with E-state index in [0.29, 0.717) is 11.3 Å². The fourth-order valence-corrected chi connectivity index (χ4v) is 4.48. The summed E-state index contributed by atoms with van der Waals surface area (Å²) in [5, 5.41) is 5.74. The Balaban J connectivity index is 1.62. The van der Waals surface area contributed by atoms with Gasteiger partial charge in [0.1, 0.15) is 12.0 Å². The largest absolute Gasteiger partial charge is 0.364 e. The van der Waals surface area contributed by atoms with Crippen LogP contribution in [0.25, 0.3) is 0 Å². The highest BCUT2D eigenvalue weighted by atomic mass is 32.1. The van der Waals surface area contributed by atoms with Gasteiger partial charge >= 0.3 is 0 Å². The molecule has 1 unspecified atom stereocenters. The minimum atomic E-state index is -1.20. The number of thiophene rings is 1. The number of nitrogens with zero attached hydrogens (tertiary/aromatic N) is 3. The summed E-state index contributed by atoms with van der Waals surface area (Å²) in [4.78, 5) is 43.2. The summed E-state index contributed by atoms with van der Waals surface area (Å²) in [6, 6.07) is 14.6. The first-order valence-electron chi connectivity index (χ1n) is 9.55. The normalized spacial score (nSPS) is 18.8. The minimum Gasteiger partial charge on any atom is -0.364 e. The van der Waals surface area contributed by atoms with Crippen LogP contribution in [0.2, 0.25) is 0 Å². The van der Waals surface area contributed by atoms with Crippen molar-refractivity contribution in [3.8, 4) is 0 Å². The second-order valence-corrected chi connectivity index (χ2v) is 8.44. The number of hydrogen-bond donors (Lipinski definition) is 0. The molecule has 30 heavy (non-hydrogen) atoms. The summed E-state index contributed by atoms with van der Waals surface area (Å²) in [5.41, 5.74) is 0.0954. The molecule has 0 radical (unpaired) electrons. The summed E-state index contributed by atoms with van der Waals surface area (Å²) in [6.45, 7) is 0.494. The van der Waals surface area contributed by atoms with E-state index in [1.54, 1.807) is 13.1 Å². The number of carbonyl (C=O) groups excluding carboxylic acids is 3. The van der Waals surface area contributed by atoms with Gasteiger partial charge in [-0.1, -0.05) is 41.6 Å². The van der Waals surface area contributed by atoms with Crippen molar-refractivity contribution in [3.63, 3.8) is 0 Å². The van der Waals surface area contributed by atoms with E-state index >= 15 is 0 Å². The van der Waals surface area contributed by atoms with Crippen LogP contribution in [0.5, 0.6) is 0 Å². The molecule has 3 aromatic rings. The second-order valence-electron chi connectivity index (χ2n) is 7.41. The van der Waals surface area contributed by atoms with Crippen molar-refractivity contribution in [3.05, 3.63) is 76.3 Å². The topological polar surface area (TPSA) is 83.7 Å². The van der Waals surface area contributed by atoms with Crippen molar-refractivity contribution in [1.82, 2.24) is 15.0 Å². The Hall–Kier alpha value is -3.26. The third kappa shape index (κ3) is 3.78. The second kappa shape index (κ2) is 8.23. The third-order valence-corrected chi connectivity index (χ3v) is 6.26.